The number of carbonyl (C=O) groups excluding carboxylic acids is 1. The normalized spacial score (nSPS) is 16.2. The fourth-order valence-corrected chi connectivity index (χ4v) is 1.45. The SMILES string of the molecule is NC(=O)/C=C1/C=Cc2ccccc21. The van der Waals surface area contributed by atoms with Crippen LogP contribution in [0, 0.1) is 0 Å². The molecule has 2 N–H and O–H groups in total. The molecule has 0 aliphatic heterocycles. The highest BCUT2D eigenvalue weighted by atomic mass is 16.1. The molecule has 1 aliphatic rings. The molecule has 0 radical (unpaired) electrons. The van der Waals surface area contributed by atoms with Crippen molar-refractivity contribution < 1.29 is 4.79 Å². The van der Waals surface area contributed by atoms with Crippen LogP contribution < -0.4 is 5.73 Å². The molecule has 0 atom stereocenters. The van der Waals surface area contributed by atoms with Gasteiger partial charge in [-0.25, -0.2) is 0 Å². The van der Waals surface area contributed by atoms with E-state index < -0.39 is 5.91 Å². The van der Waals surface area contributed by atoms with Crippen LogP contribution in [-0.2, 0) is 4.79 Å². The van der Waals surface area contributed by atoms with Crippen LogP contribution in [0.25, 0.3) is 11.6 Å². The van der Waals surface area contributed by atoms with Crippen molar-refractivity contribution in [1.82, 2.24) is 0 Å². The number of rotatable bonds is 1. The maximum Gasteiger partial charge on any atom is 0.242 e. The van der Waals surface area contributed by atoms with Crippen molar-refractivity contribution in [3.8, 4) is 0 Å². The summed E-state index contributed by atoms with van der Waals surface area (Å²) in [6, 6.07) is 7.90. The van der Waals surface area contributed by atoms with Crippen molar-refractivity contribution in [3.05, 3.63) is 47.5 Å². The zero-order valence-corrected chi connectivity index (χ0v) is 7.03. The number of allylic oxidation sites excluding steroid dienone is 2. The van der Waals surface area contributed by atoms with E-state index >= 15 is 0 Å². The Morgan fingerprint density at radius 1 is 1.23 bits per heavy atom. The van der Waals surface area contributed by atoms with Gasteiger partial charge in [0.25, 0.3) is 0 Å². The molecular weight excluding hydrogens is 162 g/mol. The van der Waals surface area contributed by atoms with Gasteiger partial charge in [-0.1, -0.05) is 36.4 Å². The third-order valence-corrected chi connectivity index (χ3v) is 2.01. The topological polar surface area (TPSA) is 43.1 Å². The van der Waals surface area contributed by atoms with Crippen molar-refractivity contribution in [1.29, 1.82) is 0 Å². The average molecular weight is 171 g/mol. The largest absolute Gasteiger partial charge is 0.366 e. The number of carbonyl (C=O) groups is 1. The Morgan fingerprint density at radius 2 is 2.00 bits per heavy atom. The maximum absolute atomic E-state index is 10.7. The molecule has 2 heteroatoms. The van der Waals surface area contributed by atoms with E-state index in [0.717, 1.165) is 16.7 Å². The highest BCUT2D eigenvalue weighted by molar-refractivity contribution is 6.01. The predicted molar refractivity (Wildman–Crippen MR) is 52.6 cm³/mol. The van der Waals surface area contributed by atoms with E-state index in [-0.39, 0.29) is 0 Å². The van der Waals surface area contributed by atoms with E-state index in [1.54, 1.807) is 0 Å². The molecule has 0 saturated heterocycles. The highest BCUT2D eigenvalue weighted by Gasteiger charge is 2.09. The van der Waals surface area contributed by atoms with Gasteiger partial charge in [0.1, 0.15) is 0 Å². The van der Waals surface area contributed by atoms with Gasteiger partial charge in [0.05, 0.1) is 0 Å². The van der Waals surface area contributed by atoms with Crippen molar-refractivity contribution in [2.45, 2.75) is 0 Å². The number of primary amides is 1. The number of nitrogens with two attached hydrogens (primary N) is 1. The standard InChI is InChI=1S/C11H9NO/c12-11(13)7-9-6-5-8-3-1-2-4-10(8)9/h1-7H,(H2,12,13)/b9-7-. The van der Waals surface area contributed by atoms with Gasteiger partial charge >= 0.3 is 0 Å². The summed E-state index contributed by atoms with van der Waals surface area (Å²) in [4.78, 5) is 10.7. The number of benzene rings is 1. The van der Waals surface area contributed by atoms with Crippen molar-refractivity contribution in [2.24, 2.45) is 5.73 Å². The van der Waals surface area contributed by atoms with Crippen LogP contribution in [-0.4, -0.2) is 5.91 Å². The molecular formula is C11H9NO. The van der Waals surface area contributed by atoms with Crippen molar-refractivity contribution in [2.75, 3.05) is 0 Å². The molecule has 64 valence electrons. The van der Waals surface area contributed by atoms with Gasteiger partial charge in [-0.3, -0.25) is 4.79 Å². The minimum atomic E-state index is -0.406. The quantitative estimate of drug-likeness (QED) is 0.640. The molecule has 1 aromatic carbocycles. The lowest BCUT2D eigenvalue weighted by atomic mass is 10.1. The summed E-state index contributed by atoms with van der Waals surface area (Å²) in [5, 5.41) is 0. The Labute approximate surface area is 76.4 Å². The molecule has 0 aromatic heterocycles. The zero-order valence-electron chi connectivity index (χ0n) is 7.03. The van der Waals surface area contributed by atoms with E-state index in [0.29, 0.717) is 0 Å². The zero-order chi connectivity index (χ0) is 9.26. The van der Waals surface area contributed by atoms with Crippen LogP contribution in [0.4, 0.5) is 0 Å². The minimum absolute atomic E-state index is 0.406. The second-order valence-electron chi connectivity index (χ2n) is 2.92. The van der Waals surface area contributed by atoms with E-state index in [9.17, 15) is 4.79 Å². The van der Waals surface area contributed by atoms with Gasteiger partial charge in [0.15, 0.2) is 0 Å². The Balaban J connectivity index is 2.50. The molecule has 13 heavy (non-hydrogen) atoms. The lowest BCUT2D eigenvalue weighted by molar-refractivity contribution is -0.113. The van der Waals surface area contributed by atoms with Crippen LogP contribution in [0.2, 0.25) is 0 Å². The van der Waals surface area contributed by atoms with Gasteiger partial charge in [-0.15, -0.1) is 0 Å². The fraction of sp³-hybridized carbons (Fsp3) is 0. The number of hydrogen-bond acceptors (Lipinski definition) is 1. The second kappa shape index (κ2) is 2.90. The summed E-state index contributed by atoms with van der Waals surface area (Å²) >= 11 is 0. The first-order chi connectivity index (χ1) is 6.27. The molecule has 1 aliphatic carbocycles. The summed E-state index contributed by atoms with van der Waals surface area (Å²) in [5.41, 5.74) is 8.18. The summed E-state index contributed by atoms with van der Waals surface area (Å²) in [7, 11) is 0. The Bertz CT molecular complexity index is 416. The smallest absolute Gasteiger partial charge is 0.242 e. The van der Waals surface area contributed by atoms with Crippen molar-refractivity contribution >= 4 is 17.6 Å². The summed E-state index contributed by atoms with van der Waals surface area (Å²) in [6.07, 6.45) is 5.32. The van der Waals surface area contributed by atoms with Gasteiger partial charge in [-0.2, -0.15) is 0 Å². The Kier molecular flexibility index (Phi) is 1.74. The third kappa shape index (κ3) is 1.38. The second-order valence-corrected chi connectivity index (χ2v) is 2.92. The average Bonchev–Trinajstić information content (AvgIpc) is 2.48. The first kappa shape index (κ1) is 7.80. The van der Waals surface area contributed by atoms with E-state index in [1.165, 1.54) is 6.08 Å². The number of amides is 1. The molecule has 0 heterocycles. The Morgan fingerprint density at radius 3 is 2.77 bits per heavy atom. The van der Waals surface area contributed by atoms with Crippen LogP contribution in [0.5, 0.6) is 0 Å². The molecule has 1 aromatic rings. The minimum Gasteiger partial charge on any atom is -0.366 e. The summed E-state index contributed by atoms with van der Waals surface area (Å²) < 4.78 is 0. The van der Waals surface area contributed by atoms with Crippen LogP contribution in [0.3, 0.4) is 0 Å². The maximum atomic E-state index is 10.7. The van der Waals surface area contributed by atoms with Gasteiger partial charge < -0.3 is 5.73 Å². The lowest BCUT2D eigenvalue weighted by Crippen LogP contribution is -2.06. The van der Waals surface area contributed by atoms with Gasteiger partial charge in [-0.05, 0) is 16.7 Å². The van der Waals surface area contributed by atoms with E-state index in [4.69, 9.17) is 5.73 Å². The lowest BCUT2D eigenvalue weighted by Gasteiger charge is -1.98. The monoisotopic (exact) mass is 171 g/mol. The predicted octanol–water partition coefficient (Wildman–Crippen LogP) is 1.58. The van der Waals surface area contributed by atoms with Crippen LogP contribution in [0.15, 0.2) is 36.4 Å². The third-order valence-electron chi connectivity index (χ3n) is 2.01. The molecule has 0 fully saturated rings. The Hall–Kier alpha value is -1.83. The molecule has 0 bridgehead atoms. The first-order valence-corrected chi connectivity index (χ1v) is 4.06. The molecule has 0 spiro atoms. The summed E-state index contributed by atoms with van der Waals surface area (Å²) in [5.74, 6) is -0.406. The van der Waals surface area contributed by atoms with E-state index in [1.807, 2.05) is 36.4 Å². The van der Waals surface area contributed by atoms with Gasteiger partial charge in [0, 0.05) is 6.08 Å². The molecule has 2 rings (SSSR count). The first-order valence-electron chi connectivity index (χ1n) is 4.06. The highest BCUT2D eigenvalue weighted by Crippen LogP contribution is 2.28. The molecule has 0 saturated carbocycles. The fourth-order valence-electron chi connectivity index (χ4n) is 1.45. The summed E-state index contributed by atoms with van der Waals surface area (Å²) in [6.45, 7) is 0. The molecule has 1 amide bonds. The number of fused-ring (bicyclic) bond motifs is 1. The van der Waals surface area contributed by atoms with Crippen molar-refractivity contribution in [3.63, 3.8) is 0 Å². The van der Waals surface area contributed by atoms with E-state index in [2.05, 4.69) is 0 Å². The van der Waals surface area contributed by atoms with Crippen LogP contribution in [0.1, 0.15) is 11.1 Å². The molecule has 0 unspecified atom stereocenters. The molecule has 2 nitrogen and oxygen atoms in total. The number of hydrogen-bond donors (Lipinski definition) is 1. The van der Waals surface area contributed by atoms with Crippen LogP contribution >= 0.6 is 0 Å². The van der Waals surface area contributed by atoms with Gasteiger partial charge in [0.2, 0.25) is 5.91 Å².